The molecule has 1 saturated heterocycles. The number of rotatable bonds is 7. The molecule has 1 atom stereocenters. The topological polar surface area (TPSA) is 61.0 Å². The van der Waals surface area contributed by atoms with Crippen molar-refractivity contribution in [2.24, 2.45) is 0 Å². The molecule has 1 unspecified atom stereocenters. The normalized spacial score (nSPS) is 17.9. The maximum Gasteiger partial charge on any atom is 0.416 e. The van der Waals surface area contributed by atoms with Gasteiger partial charge in [0, 0.05) is 60.9 Å². The number of benzene rings is 3. The maximum atomic E-state index is 13.5. The minimum absolute atomic E-state index is 0.325. The minimum atomic E-state index is -0.370. The fourth-order valence-corrected chi connectivity index (χ4v) is 6.04. The second kappa shape index (κ2) is 12.1. The third-order valence-electron chi connectivity index (χ3n) is 8.23. The molecule has 1 fully saturated rings. The van der Waals surface area contributed by atoms with Crippen molar-refractivity contribution in [1.29, 1.82) is 0 Å². The number of H-pyrrole nitrogens is 1. The highest BCUT2D eigenvalue weighted by molar-refractivity contribution is 6.31. The van der Waals surface area contributed by atoms with E-state index >= 15 is 0 Å². The fraction of sp³-hybridized carbons (Fsp3) is 0.364. The van der Waals surface area contributed by atoms with Crippen LogP contribution >= 0.6 is 11.6 Å². The lowest BCUT2D eigenvalue weighted by atomic mass is 9.92. The van der Waals surface area contributed by atoms with Gasteiger partial charge in [0.25, 0.3) is 0 Å². The number of carbonyl (C=O) groups is 1. The predicted octanol–water partition coefficient (Wildman–Crippen LogP) is 6.29. The van der Waals surface area contributed by atoms with Crippen molar-refractivity contribution in [3.8, 4) is 11.5 Å². The third-order valence-corrected chi connectivity index (χ3v) is 8.46. The van der Waals surface area contributed by atoms with E-state index in [-0.39, 0.29) is 12.1 Å². The zero-order valence-corrected chi connectivity index (χ0v) is 24.5. The van der Waals surface area contributed by atoms with Crippen molar-refractivity contribution in [3.63, 3.8) is 0 Å². The van der Waals surface area contributed by atoms with Crippen LogP contribution in [0.3, 0.4) is 0 Å². The van der Waals surface area contributed by atoms with Crippen LogP contribution in [0.5, 0.6) is 11.5 Å². The molecule has 6 rings (SSSR count). The monoisotopic (exact) mass is 572 g/mol. The van der Waals surface area contributed by atoms with E-state index in [1.54, 1.807) is 0 Å². The van der Waals surface area contributed by atoms with Crippen LogP contribution in [0.25, 0.3) is 10.9 Å². The molecule has 0 aliphatic carbocycles. The van der Waals surface area contributed by atoms with Crippen molar-refractivity contribution in [2.75, 3.05) is 52.9 Å². The van der Waals surface area contributed by atoms with Gasteiger partial charge in [0.15, 0.2) is 0 Å². The van der Waals surface area contributed by atoms with Crippen LogP contribution in [0.2, 0.25) is 5.02 Å². The first-order valence-corrected chi connectivity index (χ1v) is 14.8. The molecule has 2 aliphatic heterocycles. The van der Waals surface area contributed by atoms with Crippen LogP contribution < -0.4 is 9.47 Å². The molecule has 8 heteroatoms. The number of nitrogens with zero attached hydrogens (tertiary/aromatic N) is 3. The van der Waals surface area contributed by atoms with E-state index in [9.17, 15) is 4.79 Å². The van der Waals surface area contributed by atoms with Crippen LogP contribution in [0.1, 0.15) is 34.8 Å². The number of nitrogens with one attached hydrogen (secondary N) is 1. The van der Waals surface area contributed by atoms with Gasteiger partial charge in [-0.05, 0) is 80.4 Å². The molecule has 214 valence electrons. The smallest absolute Gasteiger partial charge is 0.416 e. The van der Waals surface area contributed by atoms with Gasteiger partial charge < -0.3 is 24.3 Å². The average molecular weight is 573 g/mol. The zero-order valence-electron chi connectivity index (χ0n) is 23.7. The van der Waals surface area contributed by atoms with Gasteiger partial charge in [-0.1, -0.05) is 41.4 Å². The lowest BCUT2D eigenvalue weighted by Gasteiger charge is -2.35. The second-order valence-electron chi connectivity index (χ2n) is 11.2. The molecule has 3 aromatic carbocycles. The number of likely N-dealkylation sites (N-methyl/N-ethyl adjacent to an activating group) is 1. The molecule has 0 bridgehead atoms. The Morgan fingerprint density at radius 2 is 1.68 bits per heavy atom. The van der Waals surface area contributed by atoms with E-state index in [2.05, 4.69) is 34.0 Å². The van der Waals surface area contributed by atoms with Crippen LogP contribution in [-0.4, -0.2) is 78.7 Å². The summed E-state index contributed by atoms with van der Waals surface area (Å²) in [6.45, 7) is 8.78. The number of fused-ring (bicyclic) bond motifs is 3. The van der Waals surface area contributed by atoms with Crippen molar-refractivity contribution in [1.82, 2.24) is 19.7 Å². The molecule has 0 spiro atoms. The summed E-state index contributed by atoms with van der Waals surface area (Å²) in [7, 11) is 2.18. The van der Waals surface area contributed by atoms with E-state index in [4.69, 9.17) is 21.1 Å². The number of carbonyl (C=O) groups excluding carboxylic acids is 1. The summed E-state index contributed by atoms with van der Waals surface area (Å²) in [5.74, 6) is 1.37. The van der Waals surface area contributed by atoms with Crippen molar-refractivity contribution >= 4 is 28.6 Å². The van der Waals surface area contributed by atoms with Gasteiger partial charge in [0.1, 0.15) is 17.5 Å². The zero-order chi connectivity index (χ0) is 28.3. The number of aromatic amines is 1. The highest BCUT2D eigenvalue weighted by Crippen LogP contribution is 2.40. The van der Waals surface area contributed by atoms with Gasteiger partial charge in [-0.3, -0.25) is 4.90 Å². The highest BCUT2D eigenvalue weighted by atomic mass is 35.5. The standard InChI is InChI=1S/C33H37ClN4O3/c1-23-4-9-27(10-5-23)41-33(39)38-16-14-28-29-22-25(34)8-13-30(29)35-31(28)32(38)24-6-11-26(12-7-24)40-21-3-15-37-19-17-36(2)18-20-37/h4-13,22,32,35H,3,14-21H2,1-2H3. The number of amides is 1. The molecule has 1 aromatic heterocycles. The van der Waals surface area contributed by atoms with E-state index in [0.717, 1.165) is 72.6 Å². The largest absolute Gasteiger partial charge is 0.494 e. The van der Waals surface area contributed by atoms with E-state index in [0.29, 0.717) is 30.3 Å². The Labute approximate surface area is 246 Å². The van der Waals surface area contributed by atoms with Crippen LogP contribution in [0.15, 0.2) is 66.7 Å². The van der Waals surface area contributed by atoms with Gasteiger partial charge >= 0.3 is 6.09 Å². The second-order valence-corrected chi connectivity index (χ2v) is 11.6. The van der Waals surface area contributed by atoms with Gasteiger partial charge in [-0.25, -0.2) is 4.79 Å². The number of halogens is 1. The quantitative estimate of drug-likeness (QED) is 0.264. The fourth-order valence-electron chi connectivity index (χ4n) is 5.87. The highest BCUT2D eigenvalue weighted by Gasteiger charge is 2.35. The number of piperazine rings is 1. The third kappa shape index (κ3) is 6.22. The summed E-state index contributed by atoms with van der Waals surface area (Å²) in [4.78, 5) is 23.8. The Kier molecular flexibility index (Phi) is 8.19. The molecular formula is C33H37ClN4O3. The lowest BCUT2D eigenvalue weighted by molar-refractivity contribution is 0.135. The molecule has 1 amide bonds. The molecule has 4 aromatic rings. The molecular weight excluding hydrogens is 536 g/mol. The SMILES string of the molecule is Cc1ccc(OC(=O)N2CCc3c([nH]c4ccc(Cl)cc34)C2c2ccc(OCCCN3CCN(C)CC3)cc2)cc1. The maximum absolute atomic E-state index is 13.5. The van der Waals surface area contributed by atoms with Crippen LogP contribution in [0.4, 0.5) is 4.79 Å². The molecule has 0 radical (unpaired) electrons. The van der Waals surface area contributed by atoms with Crippen molar-refractivity contribution in [2.45, 2.75) is 25.8 Å². The summed E-state index contributed by atoms with van der Waals surface area (Å²) in [6.07, 6.45) is 1.34. The summed E-state index contributed by atoms with van der Waals surface area (Å²) in [5.41, 5.74) is 5.31. The minimum Gasteiger partial charge on any atom is -0.494 e. The molecule has 41 heavy (non-hydrogen) atoms. The summed E-state index contributed by atoms with van der Waals surface area (Å²) < 4.78 is 11.9. The first kappa shape index (κ1) is 27.6. The van der Waals surface area contributed by atoms with Crippen molar-refractivity contribution < 1.29 is 14.3 Å². The van der Waals surface area contributed by atoms with Gasteiger partial charge in [-0.2, -0.15) is 0 Å². The Balaban J connectivity index is 1.20. The number of hydrogen-bond donors (Lipinski definition) is 1. The Hall–Kier alpha value is -3.52. The molecule has 7 nitrogen and oxygen atoms in total. The number of aryl methyl sites for hydroxylation is 1. The number of aromatic nitrogens is 1. The molecule has 0 saturated carbocycles. The summed E-state index contributed by atoms with van der Waals surface area (Å²) in [6, 6.07) is 21.2. The van der Waals surface area contributed by atoms with Gasteiger partial charge in [0.2, 0.25) is 0 Å². The van der Waals surface area contributed by atoms with E-state index < -0.39 is 0 Å². The van der Waals surface area contributed by atoms with E-state index in [1.165, 1.54) is 5.56 Å². The van der Waals surface area contributed by atoms with Crippen molar-refractivity contribution in [3.05, 3.63) is 94.1 Å². The summed E-state index contributed by atoms with van der Waals surface area (Å²) >= 11 is 6.35. The first-order valence-electron chi connectivity index (χ1n) is 14.4. The molecule has 2 aliphatic rings. The Morgan fingerprint density at radius 1 is 0.951 bits per heavy atom. The lowest BCUT2D eigenvalue weighted by Crippen LogP contribution is -2.44. The average Bonchev–Trinajstić information content (AvgIpc) is 3.35. The van der Waals surface area contributed by atoms with E-state index in [1.807, 2.05) is 66.4 Å². The molecule has 1 N–H and O–H groups in total. The van der Waals surface area contributed by atoms with Gasteiger partial charge in [0.05, 0.1) is 6.61 Å². The Morgan fingerprint density at radius 3 is 2.44 bits per heavy atom. The number of hydrogen-bond acceptors (Lipinski definition) is 5. The molecule has 3 heterocycles. The summed E-state index contributed by atoms with van der Waals surface area (Å²) in [5, 5.41) is 1.80. The number of ether oxygens (including phenoxy) is 2. The van der Waals surface area contributed by atoms with Crippen LogP contribution in [0, 0.1) is 6.92 Å². The van der Waals surface area contributed by atoms with Crippen LogP contribution in [-0.2, 0) is 6.42 Å². The Bertz CT molecular complexity index is 1490. The van der Waals surface area contributed by atoms with Gasteiger partial charge in [-0.15, -0.1) is 0 Å². The first-order chi connectivity index (χ1) is 19.9. The predicted molar refractivity (Wildman–Crippen MR) is 163 cm³/mol.